The third-order valence-corrected chi connectivity index (χ3v) is 3.20. The molecule has 6 heteroatoms. The molecule has 0 fully saturated rings. The maximum Gasteiger partial charge on any atom is 0.180 e. The van der Waals surface area contributed by atoms with Crippen LogP contribution in [-0.2, 0) is 0 Å². The lowest BCUT2D eigenvalue weighted by molar-refractivity contribution is 0.223. The highest BCUT2D eigenvalue weighted by Gasteiger charge is 2.15. The molecule has 0 saturated carbocycles. The molecular formula is C7H7N3OS2. The van der Waals surface area contributed by atoms with Gasteiger partial charge in [0.25, 0.3) is 0 Å². The number of nitrogens with two attached hydrogens (primary N) is 1. The summed E-state index contributed by atoms with van der Waals surface area (Å²) in [7, 11) is 0. The van der Waals surface area contributed by atoms with Crippen molar-refractivity contribution >= 4 is 27.8 Å². The molecule has 2 aromatic rings. The molecule has 13 heavy (non-hydrogen) atoms. The predicted octanol–water partition coefficient (Wildman–Crippen LogP) is 1.26. The Morgan fingerprint density at radius 1 is 1.46 bits per heavy atom. The summed E-state index contributed by atoms with van der Waals surface area (Å²) in [5.74, 6) is 0. The third-order valence-electron chi connectivity index (χ3n) is 1.50. The van der Waals surface area contributed by atoms with Crippen molar-refractivity contribution in [2.75, 3.05) is 5.73 Å². The van der Waals surface area contributed by atoms with Crippen LogP contribution >= 0.6 is 22.7 Å². The van der Waals surface area contributed by atoms with E-state index in [1.165, 1.54) is 22.7 Å². The summed E-state index contributed by atoms with van der Waals surface area (Å²) in [6, 6.07) is 0. The summed E-state index contributed by atoms with van der Waals surface area (Å²) in [5, 5.41) is 12.7. The SMILES string of the molecule is Nc1ncc(C(O)c2nccs2)s1. The summed E-state index contributed by atoms with van der Waals surface area (Å²) in [6.45, 7) is 0. The van der Waals surface area contributed by atoms with Crippen LogP contribution in [-0.4, -0.2) is 15.1 Å². The molecule has 0 amide bonds. The fraction of sp³-hybridized carbons (Fsp3) is 0.143. The lowest BCUT2D eigenvalue weighted by Crippen LogP contribution is -1.95. The molecule has 2 rings (SSSR count). The smallest absolute Gasteiger partial charge is 0.180 e. The standard InChI is InChI=1S/C7H7N3OS2/c8-7-10-3-4(13-7)5(11)6-9-1-2-12-6/h1-3,5,11H,(H2,8,10). The van der Waals surface area contributed by atoms with E-state index in [1.54, 1.807) is 12.4 Å². The number of hydrogen-bond acceptors (Lipinski definition) is 6. The Kier molecular flexibility index (Phi) is 2.26. The van der Waals surface area contributed by atoms with E-state index < -0.39 is 6.10 Å². The first-order chi connectivity index (χ1) is 6.27. The van der Waals surface area contributed by atoms with Crippen molar-refractivity contribution in [2.45, 2.75) is 6.10 Å². The van der Waals surface area contributed by atoms with Crippen molar-refractivity contribution in [1.82, 2.24) is 9.97 Å². The van der Waals surface area contributed by atoms with Gasteiger partial charge in [0.2, 0.25) is 0 Å². The molecule has 2 heterocycles. The molecular weight excluding hydrogens is 206 g/mol. The van der Waals surface area contributed by atoms with Gasteiger partial charge in [-0.05, 0) is 0 Å². The Morgan fingerprint density at radius 2 is 2.31 bits per heavy atom. The number of aliphatic hydroxyl groups is 1. The molecule has 0 bridgehead atoms. The Bertz CT molecular complexity index is 384. The highest BCUT2D eigenvalue weighted by Crippen LogP contribution is 2.28. The maximum atomic E-state index is 9.76. The molecule has 0 saturated heterocycles. The fourth-order valence-electron chi connectivity index (χ4n) is 0.918. The lowest BCUT2D eigenvalue weighted by atomic mass is 10.3. The normalized spacial score (nSPS) is 13.0. The molecule has 1 unspecified atom stereocenters. The fourth-order valence-corrected chi connectivity index (χ4v) is 2.31. The van der Waals surface area contributed by atoms with E-state index in [0.29, 0.717) is 10.1 Å². The van der Waals surface area contributed by atoms with E-state index in [-0.39, 0.29) is 0 Å². The second-order valence-corrected chi connectivity index (χ2v) is 4.39. The third kappa shape index (κ3) is 1.69. The number of nitrogens with zero attached hydrogens (tertiary/aromatic N) is 2. The van der Waals surface area contributed by atoms with E-state index in [2.05, 4.69) is 9.97 Å². The Morgan fingerprint density at radius 3 is 2.85 bits per heavy atom. The van der Waals surface area contributed by atoms with Gasteiger partial charge in [-0.1, -0.05) is 11.3 Å². The molecule has 68 valence electrons. The van der Waals surface area contributed by atoms with Crippen molar-refractivity contribution < 1.29 is 5.11 Å². The Balaban J connectivity index is 2.28. The van der Waals surface area contributed by atoms with Crippen molar-refractivity contribution in [3.63, 3.8) is 0 Å². The van der Waals surface area contributed by atoms with E-state index in [1.807, 2.05) is 5.38 Å². The zero-order chi connectivity index (χ0) is 9.26. The molecule has 0 aliphatic heterocycles. The van der Waals surface area contributed by atoms with Gasteiger partial charge in [0, 0.05) is 17.8 Å². The van der Waals surface area contributed by atoms with Gasteiger partial charge in [0.1, 0.15) is 11.1 Å². The van der Waals surface area contributed by atoms with Crippen LogP contribution in [0, 0.1) is 0 Å². The lowest BCUT2D eigenvalue weighted by Gasteiger charge is -2.01. The van der Waals surface area contributed by atoms with Crippen LogP contribution in [0.5, 0.6) is 0 Å². The highest BCUT2D eigenvalue weighted by atomic mass is 32.1. The molecule has 4 nitrogen and oxygen atoms in total. The van der Waals surface area contributed by atoms with Gasteiger partial charge < -0.3 is 10.8 Å². The quantitative estimate of drug-likeness (QED) is 0.787. The summed E-state index contributed by atoms with van der Waals surface area (Å²) in [6.07, 6.45) is 2.55. The minimum Gasteiger partial charge on any atom is -0.380 e. The van der Waals surface area contributed by atoms with Crippen LogP contribution in [0.1, 0.15) is 16.0 Å². The highest BCUT2D eigenvalue weighted by molar-refractivity contribution is 7.15. The zero-order valence-electron chi connectivity index (χ0n) is 6.54. The molecule has 0 spiro atoms. The van der Waals surface area contributed by atoms with Gasteiger partial charge in [-0.2, -0.15) is 0 Å². The first-order valence-electron chi connectivity index (χ1n) is 3.56. The summed E-state index contributed by atoms with van der Waals surface area (Å²) in [4.78, 5) is 8.60. The summed E-state index contributed by atoms with van der Waals surface area (Å²) < 4.78 is 0. The van der Waals surface area contributed by atoms with E-state index in [4.69, 9.17) is 5.73 Å². The molecule has 3 N–H and O–H groups in total. The van der Waals surface area contributed by atoms with Crippen LogP contribution in [0.2, 0.25) is 0 Å². The molecule has 2 aromatic heterocycles. The van der Waals surface area contributed by atoms with Gasteiger partial charge in [0.15, 0.2) is 5.13 Å². The number of thiazole rings is 2. The van der Waals surface area contributed by atoms with Crippen molar-refractivity contribution in [2.24, 2.45) is 0 Å². The van der Waals surface area contributed by atoms with Crippen LogP contribution in [0.4, 0.5) is 5.13 Å². The number of rotatable bonds is 2. The van der Waals surface area contributed by atoms with Crippen LogP contribution in [0.15, 0.2) is 17.8 Å². The second kappa shape index (κ2) is 3.41. The van der Waals surface area contributed by atoms with Crippen LogP contribution in [0.25, 0.3) is 0 Å². The average Bonchev–Trinajstić information content (AvgIpc) is 2.72. The zero-order valence-corrected chi connectivity index (χ0v) is 8.18. The summed E-state index contributed by atoms with van der Waals surface area (Å²) >= 11 is 2.69. The molecule has 0 aliphatic carbocycles. The van der Waals surface area contributed by atoms with Crippen LogP contribution < -0.4 is 5.73 Å². The summed E-state index contributed by atoms with van der Waals surface area (Å²) in [5.41, 5.74) is 5.45. The van der Waals surface area contributed by atoms with Gasteiger partial charge >= 0.3 is 0 Å². The maximum absolute atomic E-state index is 9.76. The number of hydrogen-bond donors (Lipinski definition) is 2. The minimum absolute atomic E-state index is 0.464. The molecule has 0 aromatic carbocycles. The van der Waals surface area contributed by atoms with Crippen LogP contribution in [0.3, 0.4) is 0 Å². The monoisotopic (exact) mass is 213 g/mol. The Hall–Kier alpha value is -0.980. The van der Waals surface area contributed by atoms with Gasteiger partial charge in [-0.25, -0.2) is 9.97 Å². The number of aliphatic hydroxyl groups excluding tert-OH is 1. The molecule has 0 radical (unpaired) electrons. The minimum atomic E-state index is -0.685. The van der Waals surface area contributed by atoms with Crippen molar-refractivity contribution in [1.29, 1.82) is 0 Å². The van der Waals surface area contributed by atoms with Crippen molar-refractivity contribution in [3.8, 4) is 0 Å². The van der Waals surface area contributed by atoms with E-state index in [0.717, 1.165) is 4.88 Å². The topological polar surface area (TPSA) is 72.0 Å². The second-order valence-electron chi connectivity index (χ2n) is 2.37. The van der Waals surface area contributed by atoms with Crippen molar-refractivity contribution in [3.05, 3.63) is 27.7 Å². The first kappa shape index (κ1) is 8.61. The molecule has 1 atom stereocenters. The number of anilines is 1. The number of nitrogen functional groups attached to an aromatic ring is 1. The average molecular weight is 213 g/mol. The van der Waals surface area contributed by atoms with E-state index in [9.17, 15) is 5.11 Å². The first-order valence-corrected chi connectivity index (χ1v) is 5.25. The Labute approximate surface area is 82.7 Å². The van der Waals surface area contributed by atoms with Gasteiger partial charge in [-0.15, -0.1) is 11.3 Å². The molecule has 0 aliphatic rings. The van der Waals surface area contributed by atoms with Gasteiger partial charge in [-0.3, -0.25) is 0 Å². The largest absolute Gasteiger partial charge is 0.380 e. The van der Waals surface area contributed by atoms with E-state index >= 15 is 0 Å². The predicted molar refractivity (Wildman–Crippen MR) is 52.7 cm³/mol. The number of aromatic nitrogens is 2. The van der Waals surface area contributed by atoms with Gasteiger partial charge in [0.05, 0.1) is 4.88 Å².